The summed E-state index contributed by atoms with van der Waals surface area (Å²) in [5.41, 5.74) is 0.828. The largest absolute Gasteiger partial charge is 0.497 e. The predicted octanol–water partition coefficient (Wildman–Crippen LogP) is 3.42. The number of rotatable bonds is 4. The van der Waals surface area contributed by atoms with E-state index in [-0.39, 0.29) is 15.7 Å². The van der Waals surface area contributed by atoms with Gasteiger partial charge in [-0.2, -0.15) is 8.42 Å². The van der Waals surface area contributed by atoms with Crippen LogP contribution in [0.5, 0.6) is 11.5 Å². The molecule has 2 aromatic carbocycles. The highest BCUT2D eigenvalue weighted by Gasteiger charge is 2.20. The van der Waals surface area contributed by atoms with E-state index in [1.165, 1.54) is 25.3 Å². The van der Waals surface area contributed by atoms with Crippen LogP contribution in [-0.4, -0.2) is 15.5 Å². The molecule has 0 aliphatic rings. The summed E-state index contributed by atoms with van der Waals surface area (Å²) in [5.74, 6) is 0.705. The number of benzene rings is 2. The van der Waals surface area contributed by atoms with Gasteiger partial charge in [-0.15, -0.1) is 0 Å². The third-order valence-electron chi connectivity index (χ3n) is 2.57. The Morgan fingerprint density at radius 3 is 2.35 bits per heavy atom. The van der Waals surface area contributed by atoms with Gasteiger partial charge in [-0.3, -0.25) is 0 Å². The standard InChI is InChI=1S/C14H13ClO4S/c1-10-7-11(18-2)9-12(8-10)19-20(16,17)14-6-4-3-5-13(14)15/h3-9H,1-2H3. The second-order valence-electron chi connectivity index (χ2n) is 4.15. The van der Waals surface area contributed by atoms with Crippen molar-refractivity contribution in [3.8, 4) is 11.5 Å². The molecule has 0 fully saturated rings. The lowest BCUT2D eigenvalue weighted by Crippen LogP contribution is -2.10. The summed E-state index contributed by atoms with van der Waals surface area (Å²) >= 11 is 5.88. The zero-order valence-electron chi connectivity index (χ0n) is 11.0. The van der Waals surface area contributed by atoms with E-state index in [4.69, 9.17) is 20.5 Å². The minimum absolute atomic E-state index is 0.0675. The van der Waals surface area contributed by atoms with Crippen LogP contribution >= 0.6 is 11.6 Å². The topological polar surface area (TPSA) is 52.6 Å². The van der Waals surface area contributed by atoms with Gasteiger partial charge in [-0.05, 0) is 36.8 Å². The summed E-state index contributed by atoms with van der Waals surface area (Å²) in [6, 6.07) is 11.0. The maximum atomic E-state index is 12.2. The van der Waals surface area contributed by atoms with Gasteiger partial charge >= 0.3 is 10.1 Å². The molecule has 0 aromatic heterocycles. The van der Waals surface area contributed by atoms with Crippen molar-refractivity contribution in [2.75, 3.05) is 7.11 Å². The van der Waals surface area contributed by atoms with Gasteiger partial charge in [0.05, 0.1) is 12.1 Å². The van der Waals surface area contributed by atoms with Gasteiger partial charge in [-0.1, -0.05) is 23.7 Å². The summed E-state index contributed by atoms with van der Waals surface area (Å²) in [7, 11) is -2.47. The Morgan fingerprint density at radius 2 is 1.70 bits per heavy atom. The highest BCUT2D eigenvalue weighted by Crippen LogP contribution is 2.27. The SMILES string of the molecule is COc1cc(C)cc(OS(=O)(=O)c2ccccc2Cl)c1. The Hall–Kier alpha value is -1.72. The van der Waals surface area contributed by atoms with E-state index in [1.54, 1.807) is 24.3 Å². The molecular weight excluding hydrogens is 300 g/mol. The van der Waals surface area contributed by atoms with Crippen LogP contribution in [0, 0.1) is 6.92 Å². The Labute approximate surface area is 123 Å². The first-order chi connectivity index (χ1) is 9.42. The van der Waals surface area contributed by atoms with Gasteiger partial charge in [0.15, 0.2) is 0 Å². The first-order valence-electron chi connectivity index (χ1n) is 5.77. The third kappa shape index (κ3) is 3.23. The van der Waals surface area contributed by atoms with Gasteiger partial charge < -0.3 is 8.92 Å². The second-order valence-corrected chi connectivity index (χ2v) is 6.08. The minimum Gasteiger partial charge on any atom is -0.497 e. The van der Waals surface area contributed by atoms with Crippen LogP contribution in [0.1, 0.15) is 5.56 Å². The van der Waals surface area contributed by atoms with E-state index < -0.39 is 10.1 Å². The lowest BCUT2D eigenvalue weighted by molar-refractivity contribution is 0.411. The molecule has 6 heteroatoms. The molecule has 0 atom stereocenters. The van der Waals surface area contributed by atoms with E-state index in [1.807, 2.05) is 6.92 Å². The van der Waals surface area contributed by atoms with Crippen LogP contribution in [0.4, 0.5) is 0 Å². The maximum absolute atomic E-state index is 12.2. The lowest BCUT2D eigenvalue weighted by Gasteiger charge is -2.10. The molecule has 0 unspecified atom stereocenters. The molecule has 0 bridgehead atoms. The van der Waals surface area contributed by atoms with E-state index in [9.17, 15) is 8.42 Å². The number of methoxy groups -OCH3 is 1. The van der Waals surface area contributed by atoms with Crippen molar-refractivity contribution < 1.29 is 17.3 Å². The lowest BCUT2D eigenvalue weighted by atomic mass is 10.2. The van der Waals surface area contributed by atoms with Crippen LogP contribution in [0.25, 0.3) is 0 Å². The van der Waals surface area contributed by atoms with E-state index >= 15 is 0 Å². The average Bonchev–Trinajstić information content (AvgIpc) is 2.37. The second kappa shape index (κ2) is 5.73. The molecule has 20 heavy (non-hydrogen) atoms. The summed E-state index contributed by atoms with van der Waals surface area (Å²) in [6.45, 7) is 1.82. The summed E-state index contributed by atoms with van der Waals surface area (Å²) in [4.78, 5) is -0.0675. The Bertz CT molecular complexity index is 726. The van der Waals surface area contributed by atoms with Gasteiger partial charge in [0.25, 0.3) is 0 Å². The van der Waals surface area contributed by atoms with Crippen LogP contribution < -0.4 is 8.92 Å². The zero-order valence-corrected chi connectivity index (χ0v) is 12.5. The molecule has 0 spiro atoms. The summed E-state index contributed by atoms with van der Waals surface area (Å²) < 4.78 is 34.6. The van der Waals surface area contributed by atoms with Gasteiger partial charge in [0.2, 0.25) is 0 Å². The summed E-state index contributed by atoms with van der Waals surface area (Å²) in [5, 5.41) is 0.118. The minimum atomic E-state index is -3.97. The number of hydrogen-bond donors (Lipinski definition) is 0. The van der Waals surface area contributed by atoms with Crippen molar-refractivity contribution in [1.29, 1.82) is 0 Å². The fourth-order valence-electron chi connectivity index (χ4n) is 1.70. The van der Waals surface area contributed by atoms with Gasteiger partial charge in [0, 0.05) is 6.07 Å². The van der Waals surface area contributed by atoms with Crippen molar-refractivity contribution >= 4 is 21.7 Å². The normalized spacial score (nSPS) is 11.2. The van der Waals surface area contributed by atoms with E-state index in [2.05, 4.69) is 0 Å². The van der Waals surface area contributed by atoms with Crippen molar-refractivity contribution in [2.45, 2.75) is 11.8 Å². The quantitative estimate of drug-likeness (QED) is 0.812. The first-order valence-corrected chi connectivity index (χ1v) is 7.56. The average molecular weight is 313 g/mol. The molecule has 4 nitrogen and oxygen atoms in total. The van der Waals surface area contributed by atoms with Crippen LogP contribution in [0.2, 0.25) is 5.02 Å². The van der Waals surface area contributed by atoms with Crippen LogP contribution in [-0.2, 0) is 10.1 Å². The smallest absolute Gasteiger partial charge is 0.340 e. The zero-order chi connectivity index (χ0) is 14.8. The Kier molecular flexibility index (Phi) is 4.20. The molecule has 0 amide bonds. The molecule has 0 aliphatic heterocycles. The van der Waals surface area contributed by atoms with Crippen molar-refractivity contribution in [2.24, 2.45) is 0 Å². The van der Waals surface area contributed by atoms with Crippen LogP contribution in [0.3, 0.4) is 0 Å². The van der Waals surface area contributed by atoms with Crippen molar-refractivity contribution in [1.82, 2.24) is 0 Å². The third-order valence-corrected chi connectivity index (χ3v) is 4.32. The molecule has 0 aliphatic carbocycles. The number of halogens is 1. The molecule has 2 rings (SSSR count). The number of aryl methyl sites for hydroxylation is 1. The highest BCUT2D eigenvalue weighted by atomic mass is 35.5. The van der Waals surface area contributed by atoms with Gasteiger partial charge in [-0.25, -0.2) is 0 Å². The monoisotopic (exact) mass is 312 g/mol. The fourth-order valence-corrected chi connectivity index (χ4v) is 3.11. The summed E-state index contributed by atoms with van der Waals surface area (Å²) in [6.07, 6.45) is 0. The molecule has 0 radical (unpaired) electrons. The van der Waals surface area contributed by atoms with E-state index in [0.717, 1.165) is 5.56 Å². The van der Waals surface area contributed by atoms with E-state index in [0.29, 0.717) is 5.75 Å². The molecular formula is C14H13ClO4S. The molecule has 0 saturated heterocycles. The highest BCUT2D eigenvalue weighted by molar-refractivity contribution is 7.87. The number of hydrogen-bond acceptors (Lipinski definition) is 4. The fraction of sp³-hybridized carbons (Fsp3) is 0.143. The van der Waals surface area contributed by atoms with Crippen LogP contribution in [0.15, 0.2) is 47.4 Å². The molecule has 2 aromatic rings. The Balaban J connectivity index is 2.38. The maximum Gasteiger partial charge on any atom is 0.340 e. The number of ether oxygens (including phenoxy) is 1. The van der Waals surface area contributed by atoms with Crippen molar-refractivity contribution in [3.63, 3.8) is 0 Å². The molecule has 0 saturated carbocycles. The molecule has 0 N–H and O–H groups in total. The molecule has 0 heterocycles. The predicted molar refractivity (Wildman–Crippen MR) is 77.0 cm³/mol. The Morgan fingerprint density at radius 1 is 1.05 bits per heavy atom. The first kappa shape index (κ1) is 14.7. The van der Waals surface area contributed by atoms with Crippen molar-refractivity contribution in [3.05, 3.63) is 53.1 Å². The molecule has 106 valence electrons. The van der Waals surface area contributed by atoms with Gasteiger partial charge in [0.1, 0.15) is 16.4 Å².